The van der Waals surface area contributed by atoms with E-state index in [4.69, 9.17) is 0 Å². The van der Waals surface area contributed by atoms with Crippen molar-refractivity contribution in [3.05, 3.63) is 100 Å². The zero-order chi connectivity index (χ0) is 28.0. The summed E-state index contributed by atoms with van der Waals surface area (Å²) in [5.74, 6) is -2.34. The monoisotopic (exact) mass is 547 g/mol. The number of hydrogen-bond donors (Lipinski definition) is 0. The Bertz CT molecular complexity index is 1450. The van der Waals surface area contributed by atoms with Gasteiger partial charge in [-0.05, 0) is 91.9 Å². The Labute approximate surface area is 232 Å². The lowest BCUT2D eigenvalue weighted by Gasteiger charge is -2.42. The molecule has 0 aromatic heterocycles. The van der Waals surface area contributed by atoms with Gasteiger partial charge in [-0.2, -0.15) is 0 Å². The van der Waals surface area contributed by atoms with Crippen molar-refractivity contribution in [1.82, 2.24) is 9.80 Å². The molecule has 3 aromatic carbocycles. The number of carbonyl (C=O) groups excluding carboxylic acids is 2. The van der Waals surface area contributed by atoms with E-state index in [-0.39, 0.29) is 30.2 Å². The van der Waals surface area contributed by atoms with Gasteiger partial charge in [0, 0.05) is 43.2 Å². The molecule has 1 spiro atoms. The van der Waals surface area contributed by atoms with Crippen LogP contribution in [0.4, 0.5) is 18.9 Å². The SMILES string of the molecule is CC(=O)N1CC2(CCN(CCC3c4ccc(F)c(F)c4CCN3C(=O)c3ccc(F)cc3)CC2)c2ccccc21. The standard InChI is InChI=1S/C32H32F3N3O2/c1-21(39)38-20-32(26-4-2-3-5-29(26)38)14-18-36(19-15-32)16-13-28-24-10-11-27(34)30(35)25(24)12-17-37(28)31(40)22-6-8-23(33)9-7-22/h2-11,28H,12-20H2,1H3. The van der Waals surface area contributed by atoms with E-state index in [2.05, 4.69) is 11.0 Å². The summed E-state index contributed by atoms with van der Waals surface area (Å²) in [5, 5.41) is 0. The second kappa shape index (κ2) is 10.4. The second-order valence-corrected chi connectivity index (χ2v) is 11.2. The second-order valence-electron chi connectivity index (χ2n) is 11.2. The number of halogens is 3. The van der Waals surface area contributed by atoms with Crippen LogP contribution in [-0.2, 0) is 16.6 Å². The minimum atomic E-state index is -0.881. The third-order valence-corrected chi connectivity index (χ3v) is 9.06. The quantitative estimate of drug-likeness (QED) is 0.425. The normalized spacial score (nSPS) is 19.9. The molecule has 3 aliphatic rings. The van der Waals surface area contributed by atoms with Crippen molar-refractivity contribution in [2.24, 2.45) is 0 Å². The number of benzene rings is 3. The Morgan fingerprint density at radius 1 is 0.925 bits per heavy atom. The van der Waals surface area contributed by atoms with E-state index >= 15 is 0 Å². The van der Waals surface area contributed by atoms with Crippen molar-refractivity contribution in [2.75, 3.05) is 37.6 Å². The Hall–Kier alpha value is -3.65. The van der Waals surface area contributed by atoms with E-state index < -0.39 is 23.5 Å². The Kier molecular flexibility index (Phi) is 6.90. The molecule has 3 aliphatic heterocycles. The molecule has 1 fully saturated rings. The number of anilines is 1. The topological polar surface area (TPSA) is 43.9 Å². The molecule has 0 radical (unpaired) electrons. The van der Waals surface area contributed by atoms with Crippen molar-refractivity contribution >= 4 is 17.5 Å². The molecule has 208 valence electrons. The number of para-hydroxylation sites is 1. The molecule has 1 unspecified atom stereocenters. The van der Waals surface area contributed by atoms with Gasteiger partial charge in [0.2, 0.25) is 5.91 Å². The van der Waals surface area contributed by atoms with Gasteiger partial charge in [-0.25, -0.2) is 13.2 Å². The van der Waals surface area contributed by atoms with Gasteiger partial charge in [0.1, 0.15) is 5.82 Å². The summed E-state index contributed by atoms with van der Waals surface area (Å²) in [7, 11) is 0. The predicted molar refractivity (Wildman–Crippen MR) is 147 cm³/mol. The number of hydrogen-bond acceptors (Lipinski definition) is 3. The highest BCUT2D eigenvalue weighted by Crippen LogP contribution is 2.47. The molecule has 0 N–H and O–H groups in total. The highest BCUT2D eigenvalue weighted by Gasteiger charge is 2.45. The number of rotatable bonds is 4. The molecular formula is C32H32F3N3O2. The van der Waals surface area contributed by atoms with Gasteiger partial charge in [-0.3, -0.25) is 9.59 Å². The van der Waals surface area contributed by atoms with E-state index in [0.29, 0.717) is 36.2 Å². The van der Waals surface area contributed by atoms with Crippen LogP contribution in [0.15, 0.2) is 60.7 Å². The van der Waals surface area contributed by atoms with Gasteiger partial charge < -0.3 is 14.7 Å². The molecule has 3 heterocycles. The van der Waals surface area contributed by atoms with Crippen molar-refractivity contribution in [3.8, 4) is 0 Å². The first-order valence-electron chi connectivity index (χ1n) is 13.9. The first-order valence-corrected chi connectivity index (χ1v) is 13.9. The van der Waals surface area contributed by atoms with Crippen LogP contribution in [0.1, 0.15) is 59.3 Å². The fraction of sp³-hybridized carbons (Fsp3) is 0.375. The summed E-state index contributed by atoms with van der Waals surface area (Å²) >= 11 is 0. The number of piperidine rings is 1. The van der Waals surface area contributed by atoms with Crippen molar-refractivity contribution in [2.45, 2.75) is 44.1 Å². The molecular weight excluding hydrogens is 515 g/mol. The minimum Gasteiger partial charge on any atom is -0.331 e. The summed E-state index contributed by atoms with van der Waals surface area (Å²) < 4.78 is 42.3. The average Bonchev–Trinajstić information content (AvgIpc) is 3.29. The maximum Gasteiger partial charge on any atom is 0.254 e. The molecule has 0 aliphatic carbocycles. The van der Waals surface area contributed by atoms with E-state index in [0.717, 1.165) is 37.7 Å². The number of nitrogens with zero attached hydrogens (tertiary/aromatic N) is 3. The fourth-order valence-electron chi connectivity index (χ4n) is 6.89. The molecule has 0 bridgehead atoms. The zero-order valence-corrected chi connectivity index (χ0v) is 22.5. The average molecular weight is 548 g/mol. The van der Waals surface area contributed by atoms with Gasteiger partial charge in [0.15, 0.2) is 11.6 Å². The molecule has 3 aromatic rings. The summed E-state index contributed by atoms with van der Waals surface area (Å²) in [6, 6.07) is 15.9. The Morgan fingerprint density at radius 2 is 1.65 bits per heavy atom. The minimum absolute atomic E-state index is 0.0531. The number of carbonyl (C=O) groups is 2. The van der Waals surface area contributed by atoms with Crippen molar-refractivity contribution in [3.63, 3.8) is 0 Å². The maximum atomic E-state index is 14.8. The summed E-state index contributed by atoms with van der Waals surface area (Å²) in [5.41, 5.74) is 3.51. The molecule has 40 heavy (non-hydrogen) atoms. The van der Waals surface area contributed by atoms with Crippen LogP contribution in [-0.4, -0.2) is 54.3 Å². The molecule has 5 nitrogen and oxygen atoms in total. The third-order valence-electron chi connectivity index (χ3n) is 9.06. The fourth-order valence-corrected chi connectivity index (χ4v) is 6.89. The molecule has 1 saturated heterocycles. The Morgan fingerprint density at radius 3 is 2.38 bits per heavy atom. The lowest BCUT2D eigenvalue weighted by Crippen LogP contribution is -2.47. The van der Waals surface area contributed by atoms with Gasteiger partial charge in [-0.15, -0.1) is 0 Å². The highest BCUT2D eigenvalue weighted by molar-refractivity contribution is 5.95. The largest absolute Gasteiger partial charge is 0.331 e. The molecule has 8 heteroatoms. The maximum absolute atomic E-state index is 14.8. The lowest BCUT2D eigenvalue weighted by molar-refractivity contribution is -0.116. The molecule has 6 rings (SSSR count). The first-order chi connectivity index (χ1) is 19.3. The van der Waals surface area contributed by atoms with Crippen molar-refractivity contribution < 1.29 is 22.8 Å². The van der Waals surface area contributed by atoms with Crippen LogP contribution in [0.2, 0.25) is 0 Å². The van der Waals surface area contributed by atoms with Gasteiger partial charge in [0.05, 0.1) is 6.04 Å². The first kappa shape index (κ1) is 26.6. The summed E-state index contributed by atoms with van der Waals surface area (Å²) in [6.45, 7) is 4.92. The van der Waals surface area contributed by atoms with Gasteiger partial charge in [-0.1, -0.05) is 24.3 Å². The van der Waals surface area contributed by atoms with Crippen LogP contribution in [0.5, 0.6) is 0 Å². The van der Waals surface area contributed by atoms with Crippen LogP contribution in [0.3, 0.4) is 0 Å². The van der Waals surface area contributed by atoms with Gasteiger partial charge in [0.25, 0.3) is 5.91 Å². The molecule has 2 amide bonds. The summed E-state index contributed by atoms with van der Waals surface area (Å²) in [6.07, 6.45) is 2.61. The molecule has 1 atom stereocenters. The van der Waals surface area contributed by atoms with E-state index in [9.17, 15) is 22.8 Å². The van der Waals surface area contributed by atoms with E-state index in [1.54, 1.807) is 17.9 Å². The Balaban J connectivity index is 1.20. The van der Waals surface area contributed by atoms with Crippen molar-refractivity contribution in [1.29, 1.82) is 0 Å². The van der Waals surface area contributed by atoms with Gasteiger partial charge >= 0.3 is 0 Å². The number of likely N-dealkylation sites (tertiary alicyclic amines) is 1. The zero-order valence-electron chi connectivity index (χ0n) is 22.5. The number of fused-ring (bicyclic) bond motifs is 3. The third kappa shape index (κ3) is 4.58. The van der Waals surface area contributed by atoms with E-state index in [1.165, 1.54) is 29.8 Å². The summed E-state index contributed by atoms with van der Waals surface area (Å²) in [4.78, 5) is 31.8. The molecule has 0 saturated carbocycles. The lowest BCUT2D eigenvalue weighted by atomic mass is 9.74. The van der Waals surface area contributed by atoms with Crippen LogP contribution in [0, 0.1) is 17.5 Å². The smallest absolute Gasteiger partial charge is 0.254 e. The van der Waals surface area contributed by atoms with E-state index in [1.807, 2.05) is 23.1 Å². The van der Waals surface area contributed by atoms with Crippen LogP contribution >= 0.6 is 0 Å². The van der Waals surface area contributed by atoms with Crippen LogP contribution < -0.4 is 4.90 Å². The predicted octanol–water partition coefficient (Wildman–Crippen LogP) is 5.63. The van der Waals surface area contributed by atoms with Crippen LogP contribution in [0.25, 0.3) is 0 Å². The number of amides is 2. The highest BCUT2D eigenvalue weighted by atomic mass is 19.2.